The summed E-state index contributed by atoms with van der Waals surface area (Å²) in [5.41, 5.74) is 0.780. The Bertz CT molecular complexity index is 364. The Balaban J connectivity index is 2.83. The second-order valence-corrected chi connectivity index (χ2v) is 3.71. The summed E-state index contributed by atoms with van der Waals surface area (Å²) >= 11 is 5.56. The number of anilines is 1. The standard InChI is InChI=1S/C10H16ClN3O/c1-3-13(2)9-7-10(15)14(12-8-9)6-4-5-11/h7-8H,3-6H2,1-2H3. The van der Waals surface area contributed by atoms with Crippen LogP contribution < -0.4 is 10.5 Å². The number of hydrogen-bond acceptors (Lipinski definition) is 3. The van der Waals surface area contributed by atoms with Crippen molar-refractivity contribution in [3.63, 3.8) is 0 Å². The minimum absolute atomic E-state index is 0.0714. The SMILES string of the molecule is CCN(C)c1cnn(CCCCl)c(=O)c1. The number of alkyl halides is 1. The molecule has 0 aliphatic heterocycles. The number of rotatable bonds is 5. The molecule has 0 aliphatic rings. The normalized spacial score (nSPS) is 10.3. The van der Waals surface area contributed by atoms with Crippen LogP contribution in [0.5, 0.6) is 0 Å². The average molecular weight is 230 g/mol. The van der Waals surface area contributed by atoms with Gasteiger partial charge in [-0.2, -0.15) is 5.10 Å². The first-order chi connectivity index (χ1) is 7.19. The predicted octanol–water partition coefficient (Wildman–Crippen LogP) is 1.33. The lowest BCUT2D eigenvalue weighted by Crippen LogP contribution is -2.25. The summed E-state index contributed by atoms with van der Waals surface area (Å²) in [5, 5.41) is 4.09. The van der Waals surface area contributed by atoms with Crippen LogP contribution in [0.3, 0.4) is 0 Å². The smallest absolute Gasteiger partial charge is 0.268 e. The van der Waals surface area contributed by atoms with Crippen molar-refractivity contribution in [1.82, 2.24) is 9.78 Å². The molecule has 0 unspecified atom stereocenters. The van der Waals surface area contributed by atoms with Crippen LogP contribution in [-0.4, -0.2) is 29.3 Å². The highest BCUT2D eigenvalue weighted by Gasteiger charge is 2.02. The predicted molar refractivity (Wildman–Crippen MR) is 62.8 cm³/mol. The molecule has 1 heterocycles. The van der Waals surface area contributed by atoms with Crippen LogP contribution in [0, 0.1) is 0 Å². The first-order valence-corrected chi connectivity index (χ1v) is 5.56. The van der Waals surface area contributed by atoms with Gasteiger partial charge in [0.2, 0.25) is 0 Å². The van der Waals surface area contributed by atoms with Gasteiger partial charge in [-0.15, -0.1) is 11.6 Å². The van der Waals surface area contributed by atoms with E-state index in [1.54, 1.807) is 12.3 Å². The van der Waals surface area contributed by atoms with Crippen molar-refractivity contribution in [2.24, 2.45) is 0 Å². The molecular formula is C10H16ClN3O. The van der Waals surface area contributed by atoms with E-state index >= 15 is 0 Å². The topological polar surface area (TPSA) is 38.1 Å². The molecule has 0 fully saturated rings. The third-order valence-electron chi connectivity index (χ3n) is 2.27. The van der Waals surface area contributed by atoms with E-state index in [0.29, 0.717) is 12.4 Å². The molecule has 1 aromatic heterocycles. The van der Waals surface area contributed by atoms with Gasteiger partial charge in [0.05, 0.1) is 11.9 Å². The molecule has 0 spiro atoms. The van der Waals surface area contributed by atoms with Gasteiger partial charge >= 0.3 is 0 Å². The van der Waals surface area contributed by atoms with E-state index in [-0.39, 0.29) is 5.56 Å². The van der Waals surface area contributed by atoms with Gasteiger partial charge in [0.15, 0.2) is 0 Å². The van der Waals surface area contributed by atoms with E-state index in [2.05, 4.69) is 5.10 Å². The summed E-state index contributed by atoms with van der Waals surface area (Å²) < 4.78 is 1.44. The van der Waals surface area contributed by atoms with Gasteiger partial charge in [0.25, 0.3) is 5.56 Å². The highest BCUT2D eigenvalue weighted by atomic mass is 35.5. The van der Waals surface area contributed by atoms with E-state index in [4.69, 9.17) is 11.6 Å². The number of nitrogens with zero attached hydrogens (tertiary/aromatic N) is 3. The summed E-state index contributed by atoms with van der Waals surface area (Å²) in [6.45, 7) is 3.46. The largest absolute Gasteiger partial charge is 0.373 e. The molecule has 0 aliphatic carbocycles. The molecule has 1 rings (SSSR count). The van der Waals surface area contributed by atoms with Gasteiger partial charge in [0, 0.05) is 32.1 Å². The summed E-state index contributed by atoms with van der Waals surface area (Å²) in [7, 11) is 1.93. The van der Waals surface area contributed by atoms with Gasteiger partial charge in [-0.1, -0.05) is 0 Å². The van der Waals surface area contributed by atoms with E-state index < -0.39 is 0 Å². The monoisotopic (exact) mass is 229 g/mol. The number of hydrogen-bond donors (Lipinski definition) is 0. The molecule has 84 valence electrons. The van der Waals surface area contributed by atoms with Crippen LogP contribution in [0.15, 0.2) is 17.1 Å². The number of aryl methyl sites for hydroxylation is 1. The summed E-state index contributed by atoms with van der Waals surface area (Å²) in [5.74, 6) is 0.546. The first kappa shape index (κ1) is 12.0. The minimum Gasteiger partial charge on any atom is -0.373 e. The Morgan fingerprint density at radius 2 is 2.33 bits per heavy atom. The van der Waals surface area contributed by atoms with E-state index in [0.717, 1.165) is 18.7 Å². The number of aromatic nitrogens is 2. The van der Waals surface area contributed by atoms with Crippen molar-refractivity contribution in [1.29, 1.82) is 0 Å². The summed E-state index contributed by atoms with van der Waals surface area (Å²) in [6, 6.07) is 1.60. The summed E-state index contributed by atoms with van der Waals surface area (Å²) in [6.07, 6.45) is 2.47. The maximum absolute atomic E-state index is 11.6. The molecule has 0 atom stereocenters. The second kappa shape index (κ2) is 5.75. The molecule has 5 heteroatoms. The van der Waals surface area contributed by atoms with Crippen molar-refractivity contribution in [3.8, 4) is 0 Å². The molecule has 1 aromatic rings. The zero-order valence-corrected chi connectivity index (χ0v) is 9.87. The molecule has 0 radical (unpaired) electrons. The summed E-state index contributed by atoms with van der Waals surface area (Å²) in [4.78, 5) is 13.6. The first-order valence-electron chi connectivity index (χ1n) is 5.03. The fourth-order valence-electron chi connectivity index (χ4n) is 1.19. The lowest BCUT2D eigenvalue weighted by Gasteiger charge is -2.16. The van der Waals surface area contributed by atoms with Crippen molar-refractivity contribution in [2.75, 3.05) is 24.4 Å². The van der Waals surface area contributed by atoms with Crippen LogP contribution in [-0.2, 0) is 6.54 Å². The van der Waals surface area contributed by atoms with Crippen molar-refractivity contribution < 1.29 is 0 Å². The Hall–Kier alpha value is -1.03. The van der Waals surface area contributed by atoms with Gasteiger partial charge < -0.3 is 4.90 Å². The highest BCUT2D eigenvalue weighted by Crippen LogP contribution is 2.05. The zero-order valence-electron chi connectivity index (χ0n) is 9.11. The van der Waals surface area contributed by atoms with E-state index in [9.17, 15) is 4.79 Å². The molecule has 0 aromatic carbocycles. The van der Waals surface area contributed by atoms with Crippen LogP contribution in [0.25, 0.3) is 0 Å². The Labute approximate surface area is 94.5 Å². The van der Waals surface area contributed by atoms with Gasteiger partial charge in [0.1, 0.15) is 0 Å². The second-order valence-electron chi connectivity index (χ2n) is 3.33. The highest BCUT2D eigenvalue weighted by molar-refractivity contribution is 6.17. The minimum atomic E-state index is -0.0714. The van der Waals surface area contributed by atoms with Crippen LogP contribution in [0.4, 0.5) is 5.69 Å². The maximum Gasteiger partial charge on any atom is 0.268 e. The Morgan fingerprint density at radius 1 is 1.60 bits per heavy atom. The molecule has 0 bridgehead atoms. The maximum atomic E-state index is 11.6. The lowest BCUT2D eigenvalue weighted by atomic mass is 10.4. The third-order valence-corrected chi connectivity index (χ3v) is 2.54. The van der Waals surface area contributed by atoms with Crippen LogP contribution in [0.2, 0.25) is 0 Å². The molecule has 15 heavy (non-hydrogen) atoms. The fourth-order valence-corrected chi connectivity index (χ4v) is 1.31. The molecular weight excluding hydrogens is 214 g/mol. The third kappa shape index (κ3) is 3.23. The Kier molecular flexibility index (Phi) is 4.62. The van der Waals surface area contributed by atoms with Crippen LogP contribution in [0.1, 0.15) is 13.3 Å². The van der Waals surface area contributed by atoms with Crippen LogP contribution >= 0.6 is 11.6 Å². The van der Waals surface area contributed by atoms with Crippen molar-refractivity contribution in [2.45, 2.75) is 19.9 Å². The molecule has 0 saturated carbocycles. The van der Waals surface area contributed by atoms with Gasteiger partial charge in [-0.25, -0.2) is 4.68 Å². The molecule has 0 amide bonds. The number of halogens is 1. The fraction of sp³-hybridized carbons (Fsp3) is 0.600. The van der Waals surface area contributed by atoms with Crippen molar-refractivity contribution >= 4 is 17.3 Å². The lowest BCUT2D eigenvalue weighted by molar-refractivity contribution is 0.569. The zero-order chi connectivity index (χ0) is 11.3. The van der Waals surface area contributed by atoms with E-state index in [1.807, 2.05) is 18.9 Å². The quantitative estimate of drug-likeness (QED) is 0.715. The van der Waals surface area contributed by atoms with Gasteiger partial charge in [-0.05, 0) is 13.3 Å². The van der Waals surface area contributed by atoms with Gasteiger partial charge in [-0.3, -0.25) is 4.79 Å². The molecule has 0 saturated heterocycles. The average Bonchev–Trinajstić information content (AvgIpc) is 2.26. The Morgan fingerprint density at radius 3 is 2.87 bits per heavy atom. The molecule has 0 N–H and O–H groups in total. The molecule has 4 nitrogen and oxygen atoms in total. The van der Waals surface area contributed by atoms with E-state index in [1.165, 1.54) is 4.68 Å². The van der Waals surface area contributed by atoms with Crippen molar-refractivity contribution in [3.05, 3.63) is 22.6 Å².